The molecule has 16 N–H and O–H groups in total. The summed E-state index contributed by atoms with van der Waals surface area (Å²) < 4.78 is 0. The number of carboxylic acid groups (broad SMARTS) is 1. The fourth-order valence-electron chi connectivity index (χ4n) is 3.26. The smallest absolute Gasteiger partial charge is 0.326 e. The second-order valence-electron chi connectivity index (χ2n) is 8.49. The highest BCUT2D eigenvalue weighted by Crippen LogP contribution is 2.04. The number of rotatable bonds is 18. The number of imidazole rings is 1. The third kappa shape index (κ3) is 13.1. The number of aromatic amines is 1. The Balaban J connectivity index is 2.87. The number of hydrogen-bond acceptors (Lipinski definition) is 9. The summed E-state index contributed by atoms with van der Waals surface area (Å²) in [6.07, 6.45) is 3.53. The molecule has 0 saturated heterocycles. The molecule has 218 valence electrons. The predicted molar refractivity (Wildman–Crippen MR) is 141 cm³/mol. The van der Waals surface area contributed by atoms with E-state index < -0.39 is 54.5 Å². The molecule has 0 saturated carbocycles. The number of carbonyl (C=O) groups is 4. The van der Waals surface area contributed by atoms with E-state index in [0.29, 0.717) is 12.1 Å². The van der Waals surface area contributed by atoms with Crippen molar-refractivity contribution < 1.29 is 29.4 Å². The van der Waals surface area contributed by atoms with Gasteiger partial charge in [-0.25, -0.2) is 9.78 Å². The van der Waals surface area contributed by atoms with E-state index in [1.165, 1.54) is 12.5 Å². The van der Waals surface area contributed by atoms with Gasteiger partial charge in [-0.05, 0) is 25.7 Å². The largest absolute Gasteiger partial charge is 0.480 e. The zero-order valence-corrected chi connectivity index (χ0v) is 21.4. The molecule has 0 aliphatic rings. The Bertz CT molecular complexity index is 992. The lowest BCUT2D eigenvalue weighted by atomic mass is 10.1. The molecule has 4 atom stereocenters. The molecule has 0 spiro atoms. The summed E-state index contributed by atoms with van der Waals surface area (Å²) in [5.74, 6) is -3.98. The number of guanidine groups is 2. The molecule has 1 aromatic heterocycles. The van der Waals surface area contributed by atoms with Gasteiger partial charge in [0, 0.05) is 31.4 Å². The number of aromatic nitrogens is 2. The van der Waals surface area contributed by atoms with Gasteiger partial charge in [0.15, 0.2) is 11.9 Å². The zero-order valence-electron chi connectivity index (χ0n) is 21.4. The maximum atomic E-state index is 13.0. The van der Waals surface area contributed by atoms with Gasteiger partial charge in [-0.15, -0.1) is 0 Å². The number of nitrogens with two attached hydrogens (primary N) is 5. The van der Waals surface area contributed by atoms with Crippen molar-refractivity contribution in [3.63, 3.8) is 0 Å². The number of carbonyl (C=O) groups excluding carboxylic acids is 3. The molecule has 0 radical (unpaired) electrons. The fraction of sp³-hybridized carbons (Fsp3) is 0.571. The standard InChI is InChI=1S/C21H38N12O6/c22-12(3-1-5-28-20(23)24)16(35)33-15(9-34)18(37)31-13(4-2-6-29-21(25)26)17(36)32-14(19(38)39)7-11-8-27-10-30-11/h8,10,12-15,34H,1-7,9,22H2,(H,27,30)(H,31,37)(H,32,36)(H,33,35)(H,38,39)(H4,23,24,28)(H4,25,26,29). The molecule has 18 heteroatoms. The van der Waals surface area contributed by atoms with Crippen LogP contribution in [-0.4, -0.2) is 99.7 Å². The Labute approximate surface area is 224 Å². The minimum Gasteiger partial charge on any atom is -0.480 e. The quantitative estimate of drug-likeness (QED) is 0.0461. The van der Waals surface area contributed by atoms with Crippen LogP contribution in [0.3, 0.4) is 0 Å². The highest BCUT2D eigenvalue weighted by molar-refractivity contribution is 5.94. The second-order valence-corrected chi connectivity index (χ2v) is 8.49. The Morgan fingerprint density at radius 3 is 1.92 bits per heavy atom. The lowest BCUT2D eigenvalue weighted by Crippen LogP contribution is -2.58. The van der Waals surface area contributed by atoms with Crippen molar-refractivity contribution in [3.05, 3.63) is 18.2 Å². The number of nitrogens with one attached hydrogen (secondary N) is 4. The van der Waals surface area contributed by atoms with Crippen molar-refractivity contribution in [3.8, 4) is 0 Å². The van der Waals surface area contributed by atoms with Crippen LogP contribution in [-0.2, 0) is 25.6 Å². The van der Waals surface area contributed by atoms with Gasteiger partial charge in [0.1, 0.15) is 18.1 Å². The van der Waals surface area contributed by atoms with Gasteiger partial charge in [0.05, 0.1) is 19.0 Å². The number of hydrogen-bond donors (Lipinski definition) is 11. The van der Waals surface area contributed by atoms with Crippen molar-refractivity contribution >= 4 is 35.6 Å². The van der Waals surface area contributed by atoms with Crippen LogP contribution in [0.4, 0.5) is 0 Å². The van der Waals surface area contributed by atoms with Crippen LogP contribution in [0.5, 0.6) is 0 Å². The Kier molecular flexibility index (Phi) is 14.3. The average Bonchev–Trinajstić information content (AvgIpc) is 3.38. The number of H-pyrrole nitrogens is 1. The Morgan fingerprint density at radius 2 is 1.41 bits per heavy atom. The molecule has 0 aromatic carbocycles. The van der Waals surface area contributed by atoms with E-state index >= 15 is 0 Å². The lowest BCUT2D eigenvalue weighted by molar-refractivity contribution is -0.142. The molecule has 1 aromatic rings. The average molecular weight is 555 g/mol. The van der Waals surface area contributed by atoms with Crippen LogP contribution in [0, 0.1) is 0 Å². The van der Waals surface area contributed by atoms with Crippen LogP contribution in [0.15, 0.2) is 22.5 Å². The van der Waals surface area contributed by atoms with E-state index in [1.807, 2.05) is 0 Å². The summed E-state index contributed by atoms with van der Waals surface area (Å²) in [5, 5.41) is 26.4. The number of amides is 3. The molecule has 4 unspecified atom stereocenters. The number of carboxylic acids is 1. The molecule has 0 aliphatic carbocycles. The fourth-order valence-corrected chi connectivity index (χ4v) is 3.26. The maximum absolute atomic E-state index is 13.0. The second kappa shape index (κ2) is 17.1. The number of aliphatic hydroxyl groups excluding tert-OH is 1. The molecule has 18 nitrogen and oxygen atoms in total. The highest BCUT2D eigenvalue weighted by atomic mass is 16.4. The van der Waals surface area contributed by atoms with E-state index in [4.69, 9.17) is 28.7 Å². The first-order chi connectivity index (χ1) is 18.4. The van der Waals surface area contributed by atoms with Gasteiger partial charge in [-0.1, -0.05) is 0 Å². The van der Waals surface area contributed by atoms with Crippen molar-refractivity contribution in [1.82, 2.24) is 25.9 Å². The molecule has 0 fully saturated rings. The third-order valence-corrected chi connectivity index (χ3v) is 5.29. The van der Waals surface area contributed by atoms with Crippen molar-refractivity contribution in [1.29, 1.82) is 0 Å². The van der Waals surface area contributed by atoms with Crippen LogP contribution in [0.25, 0.3) is 0 Å². The van der Waals surface area contributed by atoms with Gasteiger partial charge in [-0.3, -0.25) is 24.4 Å². The molecule has 0 bridgehead atoms. The van der Waals surface area contributed by atoms with Gasteiger partial charge in [0.2, 0.25) is 17.7 Å². The molecular formula is C21H38N12O6. The lowest BCUT2D eigenvalue weighted by Gasteiger charge is -2.24. The summed E-state index contributed by atoms with van der Waals surface area (Å²) in [5.41, 5.74) is 27.4. The summed E-state index contributed by atoms with van der Waals surface area (Å²) in [7, 11) is 0. The number of aliphatic carboxylic acids is 1. The minimum atomic E-state index is -1.44. The van der Waals surface area contributed by atoms with Crippen molar-refractivity contribution in [2.24, 2.45) is 38.7 Å². The number of nitrogens with zero attached hydrogens (tertiary/aromatic N) is 3. The molecule has 39 heavy (non-hydrogen) atoms. The summed E-state index contributed by atoms with van der Waals surface area (Å²) in [4.78, 5) is 64.1. The summed E-state index contributed by atoms with van der Waals surface area (Å²) in [6, 6.07) is -5.03. The topological polar surface area (TPSA) is 328 Å². The monoisotopic (exact) mass is 554 g/mol. The first-order valence-electron chi connectivity index (χ1n) is 12.0. The first kappa shape index (κ1) is 32.6. The van der Waals surface area contributed by atoms with Gasteiger partial charge in [0.25, 0.3) is 0 Å². The van der Waals surface area contributed by atoms with Crippen molar-refractivity contribution in [2.75, 3.05) is 19.7 Å². The summed E-state index contributed by atoms with van der Waals surface area (Å²) in [6.45, 7) is -0.410. The number of aliphatic hydroxyl groups is 1. The molecular weight excluding hydrogens is 516 g/mol. The van der Waals surface area contributed by atoms with Crippen LogP contribution in [0.1, 0.15) is 31.4 Å². The third-order valence-electron chi connectivity index (χ3n) is 5.29. The van der Waals surface area contributed by atoms with E-state index in [9.17, 15) is 29.4 Å². The van der Waals surface area contributed by atoms with E-state index in [0.717, 1.165) is 0 Å². The van der Waals surface area contributed by atoms with E-state index in [-0.39, 0.29) is 50.7 Å². The minimum absolute atomic E-state index is 0.0150. The molecule has 3 amide bonds. The highest BCUT2D eigenvalue weighted by Gasteiger charge is 2.30. The Morgan fingerprint density at radius 1 is 0.872 bits per heavy atom. The van der Waals surface area contributed by atoms with Crippen molar-refractivity contribution in [2.45, 2.75) is 56.3 Å². The molecule has 0 aliphatic heterocycles. The van der Waals surface area contributed by atoms with Crippen LogP contribution >= 0.6 is 0 Å². The SMILES string of the molecule is NC(N)=NCCCC(N)C(=O)NC(CO)C(=O)NC(CCCN=C(N)N)C(=O)NC(Cc1cnc[nH]1)C(=O)O. The number of aliphatic imine (C=N–C) groups is 2. The molecule has 1 heterocycles. The predicted octanol–water partition coefficient (Wildman–Crippen LogP) is -5.08. The normalized spacial score (nSPS) is 13.7. The van der Waals surface area contributed by atoms with E-state index in [2.05, 4.69) is 35.9 Å². The van der Waals surface area contributed by atoms with Crippen LogP contribution < -0.4 is 44.6 Å². The Hall–Kier alpha value is -4.45. The summed E-state index contributed by atoms with van der Waals surface area (Å²) >= 11 is 0. The zero-order chi connectivity index (χ0) is 29.4. The van der Waals surface area contributed by atoms with Crippen LogP contribution in [0.2, 0.25) is 0 Å². The van der Waals surface area contributed by atoms with E-state index in [1.54, 1.807) is 0 Å². The van der Waals surface area contributed by atoms with Gasteiger partial charge >= 0.3 is 5.97 Å². The van der Waals surface area contributed by atoms with Gasteiger partial charge in [-0.2, -0.15) is 0 Å². The van der Waals surface area contributed by atoms with Gasteiger partial charge < -0.3 is 59.8 Å². The maximum Gasteiger partial charge on any atom is 0.326 e. The first-order valence-corrected chi connectivity index (χ1v) is 12.0. The molecule has 1 rings (SSSR count).